The molecule has 3 fully saturated rings. The lowest BCUT2D eigenvalue weighted by Gasteiger charge is -2.21. The van der Waals surface area contributed by atoms with Gasteiger partial charge in [0.1, 0.15) is 0 Å². The summed E-state index contributed by atoms with van der Waals surface area (Å²) in [6.07, 6.45) is 6.56. The number of rotatable bonds is 3. The molecule has 122 valence electrons. The number of likely N-dealkylation sites (tertiary alicyclic amines) is 1. The van der Waals surface area contributed by atoms with Gasteiger partial charge in [-0.2, -0.15) is 0 Å². The molecule has 5 rings (SSSR count). The van der Waals surface area contributed by atoms with Gasteiger partial charge in [0.2, 0.25) is 11.8 Å². The lowest BCUT2D eigenvalue weighted by molar-refractivity contribution is -0.384. The number of allylic oxidation sites excluding steroid dienone is 2. The number of hydrogen-bond donors (Lipinski definition) is 0. The molecule has 2 bridgehead atoms. The third kappa shape index (κ3) is 1.56. The summed E-state index contributed by atoms with van der Waals surface area (Å²) in [7, 11) is 0. The molecule has 1 aromatic carbocycles. The van der Waals surface area contributed by atoms with Gasteiger partial charge in [0.05, 0.1) is 23.3 Å². The Balaban J connectivity index is 1.40. The largest absolute Gasteiger partial charge is 0.278 e. The van der Waals surface area contributed by atoms with Gasteiger partial charge in [-0.3, -0.25) is 24.6 Å². The average molecular weight is 324 g/mol. The second kappa shape index (κ2) is 4.32. The summed E-state index contributed by atoms with van der Waals surface area (Å²) in [5, 5.41) is 10.7. The molecule has 3 aliphatic carbocycles. The molecule has 0 radical (unpaired) electrons. The zero-order chi connectivity index (χ0) is 16.6. The second-order valence-corrected chi connectivity index (χ2v) is 7.41. The Morgan fingerprint density at radius 2 is 1.58 bits per heavy atom. The molecule has 2 amide bonds. The van der Waals surface area contributed by atoms with E-state index < -0.39 is 4.92 Å². The van der Waals surface area contributed by atoms with Crippen molar-refractivity contribution in [1.29, 1.82) is 0 Å². The quantitative estimate of drug-likeness (QED) is 0.370. The minimum atomic E-state index is -0.460. The predicted molar refractivity (Wildman–Crippen MR) is 83.4 cm³/mol. The van der Waals surface area contributed by atoms with Gasteiger partial charge in [-0.05, 0) is 35.7 Å². The molecule has 1 spiro atoms. The average Bonchev–Trinajstić information content (AvgIpc) is 3.18. The number of benzene rings is 1. The predicted octanol–water partition coefficient (Wildman–Crippen LogP) is 2.29. The number of carbonyl (C=O) groups is 2. The maximum Gasteiger partial charge on any atom is 0.269 e. The molecular weight excluding hydrogens is 308 g/mol. The van der Waals surface area contributed by atoms with E-state index in [2.05, 4.69) is 12.2 Å². The first-order chi connectivity index (χ1) is 11.5. The zero-order valence-corrected chi connectivity index (χ0v) is 12.9. The molecule has 1 saturated heterocycles. The highest BCUT2D eigenvalue weighted by Crippen LogP contribution is 2.73. The van der Waals surface area contributed by atoms with Crippen molar-refractivity contribution in [1.82, 2.24) is 4.90 Å². The van der Waals surface area contributed by atoms with Crippen molar-refractivity contribution in [2.24, 2.45) is 29.1 Å². The topological polar surface area (TPSA) is 80.5 Å². The standard InChI is InChI=1S/C18H16N2O4/c21-16-14-12-5-6-13(18(12)7-8-18)15(14)17(22)19(16)9-10-1-3-11(4-2-10)20(23)24/h1-6,12-15H,7-9H2/t12-,13+,14+,15-. The number of hydrogen-bond acceptors (Lipinski definition) is 4. The van der Waals surface area contributed by atoms with Gasteiger partial charge >= 0.3 is 0 Å². The van der Waals surface area contributed by atoms with Gasteiger partial charge in [0, 0.05) is 12.1 Å². The number of amides is 2. The van der Waals surface area contributed by atoms with Crippen molar-refractivity contribution in [3.63, 3.8) is 0 Å². The van der Waals surface area contributed by atoms with Gasteiger partial charge in [0.15, 0.2) is 0 Å². The van der Waals surface area contributed by atoms with Crippen molar-refractivity contribution in [3.8, 4) is 0 Å². The number of non-ortho nitro benzene ring substituents is 1. The Kier molecular flexibility index (Phi) is 2.50. The van der Waals surface area contributed by atoms with E-state index in [-0.39, 0.29) is 53.1 Å². The Bertz CT molecular complexity index is 775. The summed E-state index contributed by atoms with van der Waals surface area (Å²) >= 11 is 0. The van der Waals surface area contributed by atoms with Crippen molar-refractivity contribution in [3.05, 3.63) is 52.1 Å². The molecule has 4 aliphatic rings. The first-order valence-electron chi connectivity index (χ1n) is 8.30. The summed E-state index contributed by atoms with van der Waals surface area (Å²) in [5.41, 5.74) is 0.955. The summed E-state index contributed by atoms with van der Waals surface area (Å²) in [6.45, 7) is 0.203. The normalized spacial score (nSPS) is 34.2. The zero-order valence-electron chi connectivity index (χ0n) is 12.9. The Morgan fingerprint density at radius 3 is 2.04 bits per heavy atom. The smallest absolute Gasteiger partial charge is 0.269 e. The Labute approximate surface area is 138 Å². The van der Waals surface area contributed by atoms with Crippen LogP contribution in [0.5, 0.6) is 0 Å². The van der Waals surface area contributed by atoms with Gasteiger partial charge in [-0.25, -0.2) is 0 Å². The van der Waals surface area contributed by atoms with Crippen LogP contribution in [0, 0.1) is 39.2 Å². The summed E-state index contributed by atoms with van der Waals surface area (Å²) in [5.74, 6) is -0.0457. The summed E-state index contributed by atoms with van der Waals surface area (Å²) in [6, 6.07) is 6.04. The van der Waals surface area contributed by atoms with E-state index in [1.54, 1.807) is 12.1 Å². The maximum atomic E-state index is 12.8. The van der Waals surface area contributed by atoms with Crippen LogP contribution in [-0.2, 0) is 16.1 Å². The van der Waals surface area contributed by atoms with Gasteiger partial charge < -0.3 is 0 Å². The lowest BCUT2D eigenvalue weighted by atomic mass is 9.85. The fourth-order valence-corrected chi connectivity index (χ4v) is 5.20. The van der Waals surface area contributed by atoms with E-state index >= 15 is 0 Å². The second-order valence-electron chi connectivity index (χ2n) is 7.41. The number of imide groups is 1. The fourth-order valence-electron chi connectivity index (χ4n) is 5.20. The minimum Gasteiger partial charge on any atom is -0.278 e. The van der Waals surface area contributed by atoms with E-state index in [0.29, 0.717) is 0 Å². The fraction of sp³-hybridized carbons (Fsp3) is 0.444. The van der Waals surface area contributed by atoms with Crippen LogP contribution in [0.3, 0.4) is 0 Å². The molecule has 4 atom stereocenters. The minimum absolute atomic E-state index is 0.00705. The molecule has 2 saturated carbocycles. The van der Waals surface area contributed by atoms with E-state index in [1.165, 1.54) is 17.0 Å². The number of carbonyl (C=O) groups excluding carboxylic acids is 2. The van der Waals surface area contributed by atoms with Crippen LogP contribution in [0.15, 0.2) is 36.4 Å². The monoisotopic (exact) mass is 324 g/mol. The molecule has 6 nitrogen and oxygen atoms in total. The molecule has 0 unspecified atom stereocenters. The molecule has 0 aromatic heterocycles. The number of fused-ring (bicyclic) bond motifs is 3. The first kappa shape index (κ1) is 13.9. The van der Waals surface area contributed by atoms with Crippen LogP contribution >= 0.6 is 0 Å². The third-order valence-electron chi connectivity index (χ3n) is 6.43. The van der Waals surface area contributed by atoms with Gasteiger partial charge in [-0.15, -0.1) is 0 Å². The van der Waals surface area contributed by atoms with Crippen LogP contribution < -0.4 is 0 Å². The van der Waals surface area contributed by atoms with E-state index in [0.717, 1.165) is 18.4 Å². The highest BCUT2D eigenvalue weighted by molar-refractivity contribution is 6.06. The molecule has 0 N–H and O–H groups in total. The van der Waals surface area contributed by atoms with Crippen molar-refractivity contribution < 1.29 is 14.5 Å². The van der Waals surface area contributed by atoms with Crippen LogP contribution in [0.2, 0.25) is 0 Å². The molecule has 6 heteroatoms. The van der Waals surface area contributed by atoms with Crippen molar-refractivity contribution in [2.45, 2.75) is 19.4 Å². The Morgan fingerprint density at radius 1 is 1.04 bits per heavy atom. The summed E-state index contributed by atoms with van der Waals surface area (Å²) in [4.78, 5) is 37.3. The van der Waals surface area contributed by atoms with Crippen molar-refractivity contribution >= 4 is 17.5 Å². The van der Waals surface area contributed by atoms with Crippen LogP contribution in [-0.4, -0.2) is 21.6 Å². The summed E-state index contributed by atoms with van der Waals surface area (Å²) < 4.78 is 0. The molecule has 1 aliphatic heterocycles. The SMILES string of the molecule is O=C1[C@@H]2[C@H](C(=O)N1Cc1ccc([N+](=O)[O-])cc1)[C@@H]1C=C[C@H]2C12CC2. The van der Waals surface area contributed by atoms with Crippen molar-refractivity contribution in [2.75, 3.05) is 0 Å². The first-order valence-corrected chi connectivity index (χ1v) is 8.30. The molecule has 1 heterocycles. The molecule has 24 heavy (non-hydrogen) atoms. The van der Waals surface area contributed by atoms with E-state index in [4.69, 9.17) is 0 Å². The molecular formula is C18H16N2O4. The maximum absolute atomic E-state index is 12.8. The van der Waals surface area contributed by atoms with E-state index in [9.17, 15) is 19.7 Å². The van der Waals surface area contributed by atoms with Gasteiger partial charge in [0.25, 0.3) is 5.69 Å². The lowest BCUT2D eigenvalue weighted by Crippen LogP contribution is -2.34. The van der Waals surface area contributed by atoms with Crippen LogP contribution in [0.25, 0.3) is 0 Å². The Hall–Kier alpha value is -2.50. The highest BCUT2D eigenvalue weighted by atomic mass is 16.6. The third-order valence-corrected chi connectivity index (χ3v) is 6.43. The molecule has 1 aromatic rings. The number of nitro groups is 1. The highest BCUT2D eigenvalue weighted by Gasteiger charge is 2.73. The number of nitrogens with zero attached hydrogens (tertiary/aromatic N) is 2. The number of nitro benzene ring substituents is 1. The van der Waals surface area contributed by atoms with E-state index in [1.807, 2.05) is 0 Å². The van der Waals surface area contributed by atoms with Gasteiger partial charge in [-0.1, -0.05) is 24.3 Å². The van der Waals surface area contributed by atoms with Crippen LogP contribution in [0.1, 0.15) is 18.4 Å². The van der Waals surface area contributed by atoms with Crippen LogP contribution in [0.4, 0.5) is 5.69 Å².